The van der Waals surface area contributed by atoms with Crippen molar-refractivity contribution in [1.82, 2.24) is 19.9 Å². The topological polar surface area (TPSA) is 83.9 Å². The van der Waals surface area contributed by atoms with Crippen molar-refractivity contribution in [2.24, 2.45) is 0 Å². The molecule has 0 radical (unpaired) electrons. The summed E-state index contributed by atoms with van der Waals surface area (Å²) in [6.07, 6.45) is -1.49. The van der Waals surface area contributed by atoms with E-state index in [0.29, 0.717) is 37.7 Å². The fourth-order valence-corrected chi connectivity index (χ4v) is 5.72. The summed E-state index contributed by atoms with van der Waals surface area (Å²) in [5.41, 5.74) is 1.39. The predicted molar refractivity (Wildman–Crippen MR) is 172 cm³/mol. The van der Waals surface area contributed by atoms with Gasteiger partial charge in [0.1, 0.15) is 28.5 Å². The predicted octanol–water partition coefficient (Wildman–Crippen LogP) is 7.02. The lowest BCUT2D eigenvalue weighted by Crippen LogP contribution is -2.55. The second-order valence-electron chi connectivity index (χ2n) is 12.3. The minimum Gasteiger partial charge on any atom is -0.497 e. The van der Waals surface area contributed by atoms with E-state index in [-0.39, 0.29) is 33.3 Å². The molecular formula is C33H37ClF2N6O3. The van der Waals surface area contributed by atoms with Crippen LogP contribution in [0.25, 0.3) is 22.2 Å². The van der Waals surface area contributed by atoms with E-state index >= 15 is 4.39 Å². The summed E-state index contributed by atoms with van der Waals surface area (Å²) in [5, 5.41) is 0.364. The Kier molecular flexibility index (Phi) is 9.02. The Labute approximate surface area is 266 Å². The van der Waals surface area contributed by atoms with E-state index in [4.69, 9.17) is 26.1 Å². The number of ether oxygens (including phenoxy) is 2. The van der Waals surface area contributed by atoms with Gasteiger partial charge in [0.05, 0.1) is 23.4 Å². The summed E-state index contributed by atoms with van der Waals surface area (Å²) >= 11 is 6.76. The summed E-state index contributed by atoms with van der Waals surface area (Å²) in [6.45, 7) is 10.7. The summed E-state index contributed by atoms with van der Waals surface area (Å²) < 4.78 is 42.0. The Balaban J connectivity index is 1.47. The summed E-state index contributed by atoms with van der Waals surface area (Å²) in [5.74, 6) is 0.794. The van der Waals surface area contributed by atoms with Gasteiger partial charge in [-0.2, -0.15) is 14.4 Å². The number of rotatable bonds is 6. The number of pyridine rings is 1. The van der Waals surface area contributed by atoms with Crippen LogP contribution in [0.4, 0.5) is 25.2 Å². The molecule has 1 saturated heterocycles. The minimum atomic E-state index is -1.07. The third-order valence-corrected chi connectivity index (χ3v) is 7.87. The summed E-state index contributed by atoms with van der Waals surface area (Å²) in [7, 11) is 3.51. The Morgan fingerprint density at radius 3 is 2.44 bits per heavy atom. The molecule has 3 heterocycles. The van der Waals surface area contributed by atoms with Crippen LogP contribution in [0, 0.1) is 18.8 Å². The van der Waals surface area contributed by atoms with Crippen LogP contribution in [0.1, 0.15) is 38.8 Å². The summed E-state index contributed by atoms with van der Waals surface area (Å²) in [6, 6.07) is 12.6. The average molecular weight is 639 g/mol. The first-order valence-electron chi connectivity index (χ1n) is 14.7. The Morgan fingerprint density at radius 2 is 1.80 bits per heavy atom. The van der Waals surface area contributed by atoms with Crippen molar-refractivity contribution >= 4 is 40.2 Å². The first kappa shape index (κ1) is 32.2. The Morgan fingerprint density at radius 1 is 1.09 bits per heavy atom. The van der Waals surface area contributed by atoms with Gasteiger partial charge in [-0.3, -0.25) is 0 Å². The van der Waals surface area contributed by atoms with E-state index < -0.39 is 23.6 Å². The monoisotopic (exact) mass is 638 g/mol. The SMILES string of the molecule is COc1ccc(CN(C)c2cc(C)cc(-c3c(Cl)cc4c(N5CCN(C(=O)OC(C)(C)C)C[C@@H]5C)nc(F)nc4c3F)n2)cc1. The van der Waals surface area contributed by atoms with Gasteiger partial charge in [0.2, 0.25) is 0 Å². The lowest BCUT2D eigenvalue weighted by atomic mass is 10.0. The van der Waals surface area contributed by atoms with Crippen molar-refractivity contribution in [3.63, 3.8) is 0 Å². The van der Waals surface area contributed by atoms with Crippen LogP contribution in [0.2, 0.25) is 5.02 Å². The van der Waals surface area contributed by atoms with E-state index in [1.807, 2.05) is 61.0 Å². The van der Waals surface area contributed by atoms with Crippen LogP contribution in [0.5, 0.6) is 5.75 Å². The number of methoxy groups -OCH3 is 1. The van der Waals surface area contributed by atoms with Gasteiger partial charge in [-0.25, -0.2) is 14.2 Å². The molecule has 1 atom stereocenters. The molecule has 9 nitrogen and oxygen atoms in total. The van der Waals surface area contributed by atoms with Crippen LogP contribution in [-0.2, 0) is 11.3 Å². The molecule has 0 spiro atoms. The number of carbonyl (C=O) groups is 1. The molecule has 0 N–H and O–H groups in total. The first-order valence-corrected chi connectivity index (χ1v) is 15.0. The molecule has 0 saturated carbocycles. The molecule has 2 aromatic heterocycles. The van der Waals surface area contributed by atoms with Gasteiger partial charge in [0.15, 0.2) is 5.82 Å². The van der Waals surface area contributed by atoms with Gasteiger partial charge in [0, 0.05) is 44.7 Å². The number of piperazine rings is 1. The number of anilines is 2. The molecule has 4 aromatic rings. The molecule has 12 heteroatoms. The van der Waals surface area contributed by atoms with E-state index in [1.54, 1.807) is 44.9 Å². The number of aryl methyl sites for hydroxylation is 1. The maximum Gasteiger partial charge on any atom is 0.410 e. The van der Waals surface area contributed by atoms with Crippen LogP contribution >= 0.6 is 11.6 Å². The molecule has 1 amide bonds. The maximum absolute atomic E-state index is 16.4. The molecule has 45 heavy (non-hydrogen) atoms. The fourth-order valence-electron chi connectivity index (χ4n) is 5.43. The molecule has 2 aromatic carbocycles. The Hall–Kier alpha value is -4.25. The second kappa shape index (κ2) is 12.6. The molecule has 0 bridgehead atoms. The fraction of sp³-hybridized carbons (Fsp3) is 0.394. The van der Waals surface area contributed by atoms with Gasteiger partial charge < -0.3 is 24.2 Å². The van der Waals surface area contributed by atoms with Crippen LogP contribution in [-0.4, -0.2) is 71.4 Å². The van der Waals surface area contributed by atoms with Gasteiger partial charge in [-0.15, -0.1) is 0 Å². The van der Waals surface area contributed by atoms with E-state index in [1.165, 1.54) is 0 Å². The number of carbonyl (C=O) groups excluding carboxylic acids is 1. The molecule has 0 aliphatic carbocycles. The van der Waals surface area contributed by atoms with E-state index in [2.05, 4.69) is 9.97 Å². The van der Waals surface area contributed by atoms with Gasteiger partial charge in [-0.1, -0.05) is 23.7 Å². The molecule has 1 aliphatic rings. The number of fused-ring (bicyclic) bond motifs is 1. The molecule has 1 aliphatic heterocycles. The lowest BCUT2D eigenvalue weighted by molar-refractivity contribution is 0.0218. The largest absolute Gasteiger partial charge is 0.497 e. The third kappa shape index (κ3) is 7.03. The molecule has 0 unspecified atom stereocenters. The zero-order chi connectivity index (χ0) is 32.6. The highest BCUT2D eigenvalue weighted by Crippen LogP contribution is 2.39. The van der Waals surface area contributed by atoms with E-state index in [0.717, 1.165) is 16.9 Å². The number of amides is 1. The highest BCUT2D eigenvalue weighted by atomic mass is 35.5. The molecular weight excluding hydrogens is 602 g/mol. The van der Waals surface area contributed by atoms with Gasteiger partial charge in [-0.05, 0) is 76.1 Å². The average Bonchev–Trinajstić information content (AvgIpc) is 2.96. The van der Waals surface area contributed by atoms with Crippen molar-refractivity contribution in [2.75, 3.05) is 43.6 Å². The van der Waals surface area contributed by atoms with Gasteiger partial charge in [0.25, 0.3) is 0 Å². The number of benzene rings is 2. The highest BCUT2D eigenvalue weighted by Gasteiger charge is 2.32. The first-order chi connectivity index (χ1) is 21.2. The van der Waals surface area contributed by atoms with E-state index in [9.17, 15) is 9.18 Å². The quantitative estimate of drug-likeness (QED) is 0.208. The zero-order valence-electron chi connectivity index (χ0n) is 26.5. The number of nitrogens with zero attached hydrogens (tertiary/aromatic N) is 6. The maximum atomic E-state index is 16.4. The van der Waals surface area contributed by atoms with Crippen molar-refractivity contribution < 1.29 is 23.0 Å². The lowest BCUT2D eigenvalue weighted by Gasteiger charge is -2.41. The highest BCUT2D eigenvalue weighted by molar-refractivity contribution is 6.34. The van der Waals surface area contributed by atoms with Crippen LogP contribution in [0.15, 0.2) is 42.5 Å². The normalized spacial score (nSPS) is 15.4. The van der Waals surface area contributed by atoms with Crippen molar-refractivity contribution in [2.45, 2.75) is 52.8 Å². The van der Waals surface area contributed by atoms with Gasteiger partial charge >= 0.3 is 12.2 Å². The van der Waals surface area contributed by atoms with Crippen molar-refractivity contribution in [1.29, 1.82) is 0 Å². The van der Waals surface area contributed by atoms with Crippen LogP contribution in [0.3, 0.4) is 0 Å². The summed E-state index contributed by atoms with van der Waals surface area (Å²) in [4.78, 5) is 30.7. The number of hydrogen-bond donors (Lipinski definition) is 0. The van der Waals surface area contributed by atoms with Crippen LogP contribution < -0.4 is 14.5 Å². The number of aromatic nitrogens is 3. The van der Waals surface area contributed by atoms with Crippen molar-refractivity contribution in [3.8, 4) is 17.0 Å². The molecule has 238 valence electrons. The third-order valence-electron chi connectivity index (χ3n) is 7.57. The van der Waals surface area contributed by atoms with Crippen molar-refractivity contribution in [3.05, 3.63) is 70.5 Å². The molecule has 1 fully saturated rings. The second-order valence-corrected chi connectivity index (χ2v) is 12.7. The Bertz CT molecular complexity index is 1730. The number of halogens is 3. The zero-order valence-corrected chi connectivity index (χ0v) is 27.2. The number of hydrogen-bond acceptors (Lipinski definition) is 8. The standard InChI is InChI=1S/C33H37ClF2N6O3/c1-19-14-25(37-26(15-19)40(6)18-21-8-10-22(44-7)11-9-21)27-24(34)16-23-29(28(27)35)38-31(36)39-30(23)42-13-12-41(17-20(42)2)32(43)45-33(3,4)5/h8-11,14-16,20H,12-13,17-18H2,1-7H3/t20-/m0/s1. The minimum absolute atomic E-state index is 0.0267. The molecule has 5 rings (SSSR count). The smallest absolute Gasteiger partial charge is 0.410 e.